The highest BCUT2D eigenvalue weighted by atomic mass is 35.5. The van der Waals surface area contributed by atoms with E-state index in [2.05, 4.69) is 54.6 Å². The lowest BCUT2D eigenvalue weighted by Crippen LogP contribution is -2.21. The van der Waals surface area contributed by atoms with Crippen molar-refractivity contribution in [3.05, 3.63) is 71.3 Å². The molecule has 0 spiro atoms. The van der Waals surface area contributed by atoms with Crippen molar-refractivity contribution in [3.8, 4) is 0 Å². The number of rotatable bonds is 1. The van der Waals surface area contributed by atoms with Crippen LogP contribution in [0.3, 0.4) is 0 Å². The summed E-state index contributed by atoms with van der Waals surface area (Å²) in [5.41, 5.74) is 4.20. The van der Waals surface area contributed by atoms with E-state index in [0.29, 0.717) is 5.92 Å². The fraction of sp³-hybridized carbons (Fsp3) is 0.250. The zero-order valence-corrected chi connectivity index (χ0v) is 10.4. The average Bonchev–Trinajstić information content (AvgIpc) is 2.39. The van der Waals surface area contributed by atoms with Gasteiger partial charge in [0.05, 0.1) is 0 Å². The third kappa shape index (κ3) is 1.98. The minimum Gasteiger partial charge on any atom is -0.122 e. The van der Waals surface area contributed by atoms with E-state index >= 15 is 0 Å². The van der Waals surface area contributed by atoms with E-state index in [-0.39, 0.29) is 5.38 Å². The second-order valence-corrected chi connectivity index (χ2v) is 5.20. The molecule has 17 heavy (non-hydrogen) atoms. The molecule has 2 aromatic rings. The van der Waals surface area contributed by atoms with Crippen molar-refractivity contribution in [2.45, 2.75) is 24.1 Å². The van der Waals surface area contributed by atoms with Crippen LogP contribution in [-0.2, 0) is 6.42 Å². The van der Waals surface area contributed by atoms with Gasteiger partial charge in [0.25, 0.3) is 0 Å². The third-order valence-corrected chi connectivity index (χ3v) is 4.07. The average molecular weight is 243 g/mol. The Balaban J connectivity index is 2.10. The van der Waals surface area contributed by atoms with Gasteiger partial charge in [-0.25, -0.2) is 0 Å². The zero-order chi connectivity index (χ0) is 11.7. The molecule has 2 unspecified atom stereocenters. The van der Waals surface area contributed by atoms with Crippen LogP contribution in [0, 0.1) is 0 Å². The van der Waals surface area contributed by atoms with Gasteiger partial charge in [0.2, 0.25) is 0 Å². The molecule has 0 heterocycles. The molecule has 0 aromatic heterocycles. The van der Waals surface area contributed by atoms with Gasteiger partial charge in [-0.05, 0) is 29.5 Å². The summed E-state index contributed by atoms with van der Waals surface area (Å²) in [6.45, 7) is 0. The van der Waals surface area contributed by atoms with Crippen LogP contribution in [-0.4, -0.2) is 5.38 Å². The van der Waals surface area contributed by atoms with Crippen molar-refractivity contribution in [2.75, 3.05) is 0 Å². The number of hydrogen-bond donors (Lipinski definition) is 0. The summed E-state index contributed by atoms with van der Waals surface area (Å²) in [5, 5.41) is 0.215. The largest absolute Gasteiger partial charge is 0.122 e. The molecular weight excluding hydrogens is 228 g/mol. The lowest BCUT2D eigenvalue weighted by Gasteiger charge is -2.30. The van der Waals surface area contributed by atoms with Gasteiger partial charge in [-0.3, -0.25) is 0 Å². The fourth-order valence-electron chi connectivity index (χ4n) is 2.77. The summed E-state index contributed by atoms with van der Waals surface area (Å²) >= 11 is 6.54. The summed E-state index contributed by atoms with van der Waals surface area (Å²) in [7, 11) is 0. The van der Waals surface area contributed by atoms with Crippen LogP contribution in [0.1, 0.15) is 29.0 Å². The van der Waals surface area contributed by atoms with E-state index in [1.807, 2.05) is 0 Å². The smallest absolute Gasteiger partial charge is 0.0448 e. The van der Waals surface area contributed by atoms with Crippen molar-refractivity contribution in [1.29, 1.82) is 0 Å². The lowest BCUT2D eigenvalue weighted by atomic mass is 9.78. The third-order valence-electron chi connectivity index (χ3n) is 3.60. The van der Waals surface area contributed by atoms with Crippen molar-refractivity contribution in [1.82, 2.24) is 0 Å². The maximum Gasteiger partial charge on any atom is 0.0448 e. The summed E-state index contributed by atoms with van der Waals surface area (Å²) < 4.78 is 0. The maximum atomic E-state index is 6.54. The molecule has 0 bridgehead atoms. The molecule has 86 valence electrons. The minimum absolute atomic E-state index is 0.215. The highest BCUT2D eigenvalue weighted by Gasteiger charge is 2.28. The Hall–Kier alpha value is -1.27. The van der Waals surface area contributed by atoms with E-state index in [1.54, 1.807) is 0 Å². The Labute approximate surface area is 107 Å². The number of alkyl halides is 1. The van der Waals surface area contributed by atoms with Gasteiger partial charge >= 0.3 is 0 Å². The van der Waals surface area contributed by atoms with Crippen molar-refractivity contribution in [2.24, 2.45) is 0 Å². The van der Waals surface area contributed by atoms with Gasteiger partial charge in [0.1, 0.15) is 0 Å². The second-order valence-electron chi connectivity index (χ2n) is 4.64. The molecule has 3 rings (SSSR count). The molecule has 1 heteroatoms. The number of hydrogen-bond acceptors (Lipinski definition) is 0. The first kappa shape index (κ1) is 10.9. The number of benzene rings is 2. The van der Waals surface area contributed by atoms with Gasteiger partial charge in [0.15, 0.2) is 0 Å². The molecule has 0 radical (unpaired) electrons. The molecule has 0 amide bonds. The first-order valence-electron chi connectivity index (χ1n) is 6.13. The Morgan fingerprint density at radius 1 is 0.882 bits per heavy atom. The van der Waals surface area contributed by atoms with Crippen molar-refractivity contribution < 1.29 is 0 Å². The molecule has 1 aliphatic carbocycles. The van der Waals surface area contributed by atoms with Crippen LogP contribution in [0.5, 0.6) is 0 Å². The summed E-state index contributed by atoms with van der Waals surface area (Å²) in [4.78, 5) is 0. The zero-order valence-electron chi connectivity index (χ0n) is 9.64. The standard InChI is InChI=1S/C16H15Cl/c17-15-11-10-12-6-4-5-9-14(12)16(15)13-7-2-1-3-8-13/h1-9,15-16H,10-11H2. The van der Waals surface area contributed by atoms with Crippen LogP contribution in [0.2, 0.25) is 0 Å². The van der Waals surface area contributed by atoms with Crippen molar-refractivity contribution >= 4 is 11.6 Å². The number of fused-ring (bicyclic) bond motifs is 1. The highest BCUT2D eigenvalue weighted by Crippen LogP contribution is 2.39. The van der Waals surface area contributed by atoms with E-state index in [0.717, 1.165) is 12.8 Å². The van der Waals surface area contributed by atoms with E-state index < -0.39 is 0 Å². The lowest BCUT2D eigenvalue weighted by molar-refractivity contribution is 0.625. The van der Waals surface area contributed by atoms with Crippen molar-refractivity contribution in [3.63, 3.8) is 0 Å². The molecule has 0 aliphatic heterocycles. The van der Waals surface area contributed by atoms with Crippen LogP contribution < -0.4 is 0 Å². The van der Waals surface area contributed by atoms with Gasteiger partial charge in [-0.2, -0.15) is 0 Å². The Bertz CT molecular complexity index is 504. The maximum absolute atomic E-state index is 6.54. The second kappa shape index (κ2) is 4.54. The predicted molar refractivity (Wildman–Crippen MR) is 72.7 cm³/mol. The first-order chi connectivity index (χ1) is 8.36. The van der Waals surface area contributed by atoms with E-state index in [9.17, 15) is 0 Å². The van der Waals surface area contributed by atoms with Crippen LogP contribution in [0.4, 0.5) is 0 Å². The highest BCUT2D eigenvalue weighted by molar-refractivity contribution is 6.21. The molecule has 2 atom stereocenters. The number of aryl methyl sites for hydroxylation is 1. The normalized spacial score (nSPS) is 23.1. The summed E-state index contributed by atoms with van der Waals surface area (Å²) in [5.74, 6) is 0.350. The molecule has 0 saturated carbocycles. The summed E-state index contributed by atoms with van der Waals surface area (Å²) in [6.07, 6.45) is 2.17. The Morgan fingerprint density at radius 3 is 2.41 bits per heavy atom. The Morgan fingerprint density at radius 2 is 1.59 bits per heavy atom. The number of halogens is 1. The molecule has 1 aliphatic rings. The topological polar surface area (TPSA) is 0 Å². The molecule has 0 fully saturated rings. The minimum atomic E-state index is 0.215. The summed E-state index contributed by atoms with van der Waals surface area (Å²) in [6, 6.07) is 19.3. The molecule has 2 aromatic carbocycles. The van der Waals surface area contributed by atoms with E-state index in [1.165, 1.54) is 16.7 Å². The SMILES string of the molecule is ClC1CCc2ccccc2C1c1ccccc1. The van der Waals surface area contributed by atoms with Crippen LogP contribution >= 0.6 is 11.6 Å². The molecule has 0 N–H and O–H groups in total. The monoisotopic (exact) mass is 242 g/mol. The van der Waals surface area contributed by atoms with E-state index in [4.69, 9.17) is 11.6 Å². The van der Waals surface area contributed by atoms with Crippen LogP contribution in [0.25, 0.3) is 0 Å². The molecular formula is C16H15Cl. The first-order valence-corrected chi connectivity index (χ1v) is 6.57. The van der Waals surface area contributed by atoms with Gasteiger partial charge < -0.3 is 0 Å². The fourth-order valence-corrected chi connectivity index (χ4v) is 3.16. The quantitative estimate of drug-likeness (QED) is 0.652. The molecule has 0 saturated heterocycles. The molecule has 0 nitrogen and oxygen atoms in total. The predicted octanol–water partition coefficient (Wildman–Crippen LogP) is 4.37. The van der Waals surface area contributed by atoms with Crippen LogP contribution in [0.15, 0.2) is 54.6 Å². The van der Waals surface area contributed by atoms with Gasteiger partial charge in [-0.15, -0.1) is 11.6 Å². The van der Waals surface area contributed by atoms with Gasteiger partial charge in [-0.1, -0.05) is 54.6 Å². The van der Waals surface area contributed by atoms with Gasteiger partial charge in [0, 0.05) is 11.3 Å². The Kier molecular flexibility index (Phi) is 2.90.